The highest BCUT2D eigenvalue weighted by Crippen LogP contribution is 2.26. The highest BCUT2D eigenvalue weighted by molar-refractivity contribution is 9.10. The fourth-order valence-electron chi connectivity index (χ4n) is 1.87. The Kier molecular flexibility index (Phi) is 6.98. The van der Waals surface area contributed by atoms with E-state index in [1.807, 2.05) is 13.8 Å². The number of carbonyl (C=O) groups excluding carboxylic acids is 1. The topological polar surface area (TPSA) is 69.6 Å². The monoisotopic (exact) mass is 376 g/mol. The number of carbonyl (C=O) groups is 2. The molecule has 0 aliphatic rings. The van der Waals surface area contributed by atoms with Gasteiger partial charge in [0.15, 0.2) is 0 Å². The molecule has 1 atom stereocenters. The standard InChI is InChI=1S/C14H18BrClN2O3/c1-3-18(4-2)13(19)8-12(14(20)21)17-9-5-6-11(16)10(15)7-9/h5-7,12,17H,3-4,8H2,1-2H3,(H,20,21). The number of carboxylic acids is 1. The Morgan fingerprint density at radius 3 is 2.48 bits per heavy atom. The molecule has 0 spiro atoms. The minimum absolute atomic E-state index is 0.0999. The van der Waals surface area contributed by atoms with Crippen molar-refractivity contribution in [2.45, 2.75) is 26.3 Å². The molecule has 0 fully saturated rings. The second-order valence-electron chi connectivity index (χ2n) is 4.43. The molecule has 1 aromatic rings. The molecule has 0 aromatic heterocycles. The average molecular weight is 378 g/mol. The van der Waals surface area contributed by atoms with E-state index in [1.54, 1.807) is 23.1 Å². The largest absolute Gasteiger partial charge is 0.480 e. The van der Waals surface area contributed by atoms with Crippen LogP contribution in [0.3, 0.4) is 0 Å². The van der Waals surface area contributed by atoms with Gasteiger partial charge in [-0.05, 0) is 48.0 Å². The molecule has 0 heterocycles. The lowest BCUT2D eigenvalue weighted by Gasteiger charge is -2.22. The van der Waals surface area contributed by atoms with E-state index >= 15 is 0 Å². The molecular weight excluding hydrogens is 360 g/mol. The number of hydrogen-bond acceptors (Lipinski definition) is 3. The molecule has 0 aliphatic carbocycles. The van der Waals surface area contributed by atoms with E-state index in [4.69, 9.17) is 11.6 Å². The van der Waals surface area contributed by atoms with Gasteiger partial charge in [-0.1, -0.05) is 11.6 Å². The van der Waals surface area contributed by atoms with E-state index in [0.29, 0.717) is 28.3 Å². The fourth-order valence-corrected chi connectivity index (χ4v) is 2.36. The van der Waals surface area contributed by atoms with Gasteiger partial charge in [0.2, 0.25) is 5.91 Å². The number of benzene rings is 1. The zero-order chi connectivity index (χ0) is 16.0. The molecule has 1 aromatic carbocycles. The second kappa shape index (κ2) is 8.24. The second-order valence-corrected chi connectivity index (χ2v) is 5.70. The third kappa shape index (κ3) is 5.21. The smallest absolute Gasteiger partial charge is 0.326 e. The van der Waals surface area contributed by atoms with Crippen LogP contribution >= 0.6 is 27.5 Å². The number of amides is 1. The summed E-state index contributed by atoms with van der Waals surface area (Å²) in [5.74, 6) is -1.26. The van der Waals surface area contributed by atoms with Crippen molar-refractivity contribution in [1.82, 2.24) is 4.90 Å². The lowest BCUT2D eigenvalue weighted by Crippen LogP contribution is -2.38. The Hall–Kier alpha value is -1.27. The molecule has 21 heavy (non-hydrogen) atoms. The molecule has 1 amide bonds. The SMILES string of the molecule is CCN(CC)C(=O)CC(Nc1ccc(Cl)c(Br)c1)C(=O)O. The molecule has 0 radical (unpaired) electrons. The van der Waals surface area contributed by atoms with Crippen molar-refractivity contribution in [1.29, 1.82) is 0 Å². The van der Waals surface area contributed by atoms with Crippen molar-refractivity contribution < 1.29 is 14.7 Å². The summed E-state index contributed by atoms with van der Waals surface area (Å²) in [4.78, 5) is 24.9. The summed E-state index contributed by atoms with van der Waals surface area (Å²) in [6, 6.07) is 4.02. The van der Waals surface area contributed by atoms with Gasteiger partial charge >= 0.3 is 5.97 Å². The first-order valence-corrected chi connectivity index (χ1v) is 7.78. The molecule has 0 bridgehead atoms. The van der Waals surface area contributed by atoms with Gasteiger partial charge in [-0.3, -0.25) is 4.79 Å². The Labute approximate surface area is 137 Å². The maximum atomic E-state index is 12.0. The minimum Gasteiger partial charge on any atom is -0.480 e. The molecule has 0 aliphatic heterocycles. The molecule has 1 rings (SSSR count). The van der Waals surface area contributed by atoms with E-state index in [2.05, 4.69) is 21.2 Å². The highest BCUT2D eigenvalue weighted by Gasteiger charge is 2.23. The summed E-state index contributed by atoms with van der Waals surface area (Å²) < 4.78 is 0.661. The van der Waals surface area contributed by atoms with E-state index in [1.165, 1.54) is 0 Å². The Bertz CT molecular complexity index is 521. The van der Waals surface area contributed by atoms with Crippen LogP contribution in [0.1, 0.15) is 20.3 Å². The van der Waals surface area contributed by atoms with Gasteiger partial charge < -0.3 is 15.3 Å². The average Bonchev–Trinajstić information content (AvgIpc) is 2.43. The van der Waals surface area contributed by atoms with Gasteiger partial charge in [-0.15, -0.1) is 0 Å². The molecule has 0 saturated heterocycles. The normalized spacial score (nSPS) is 11.8. The van der Waals surface area contributed by atoms with Gasteiger partial charge in [0, 0.05) is 23.2 Å². The first-order chi connectivity index (χ1) is 9.88. The number of halogens is 2. The van der Waals surface area contributed by atoms with Crippen molar-refractivity contribution in [3.05, 3.63) is 27.7 Å². The van der Waals surface area contributed by atoms with Crippen LogP contribution in [0.5, 0.6) is 0 Å². The first kappa shape index (κ1) is 17.8. The molecule has 0 saturated carbocycles. The van der Waals surface area contributed by atoms with Crippen LogP contribution in [-0.4, -0.2) is 41.0 Å². The van der Waals surface area contributed by atoms with Crippen LogP contribution in [0.25, 0.3) is 0 Å². The molecule has 5 nitrogen and oxygen atoms in total. The molecule has 2 N–H and O–H groups in total. The third-order valence-corrected chi connectivity index (χ3v) is 4.27. The fraction of sp³-hybridized carbons (Fsp3) is 0.429. The number of rotatable bonds is 7. The number of aliphatic carboxylic acids is 1. The zero-order valence-electron chi connectivity index (χ0n) is 11.9. The number of carboxylic acid groups (broad SMARTS) is 1. The van der Waals surface area contributed by atoms with E-state index in [0.717, 1.165) is 0 Å². The quantitative estimate of drug-likeness (QED) is 0.765. The van der Waals surface area contributed by atoms with Gasteiger partial charge in [-0.2, -0.15) is 0 Å². The summed E-state index contributed by atoms with van der Waals surface area (Å²) >= 11 is 9.17. The van der Waals surface area contributed by atoms with Crippen LogP contribution in [0.2, 0.25) is 5.02 Å². The van der Waals surface area contributed by atoms with E-state index in [9.17, 15) is 14.7 Å². The molecule has 116 valence electrons. The van der Waals surface area contributed by atoms with Crippen LogP contribution < -0.4 is 5.32 Å². The number of nitrogens with zero attached hydrogens (tertiary/aromatic N) is 1. The molecule has 7 heteroatoms. The van der Waals surface area contributed by atoms with Crippen LogP contribution in [0, 0.1) is 0 Å². The predicted molar refractivity (Wildman–Crippen MR) is 86.7 cm³/mol. The lowest BCUT2D eigenvalue weighted by molar-refractivity contribution is -0.141. The molecule has 1 unspecified atom stereocenters. The van der Waals surface area contributed by atoms with Crippen molar-refractivity contribution in [3.8, 4) is 0 Å². The number of nitrogens with one attached hydrogen (secondary N) is 1. The molecular formula is C14H18BrClN2O3. The Morgan fingerprint density at radius 1 is 1.38 bits per heavy atom. The van der Waals surface area contributed by atoms with Gasteiger partial charge in [0.1, 0.15) is 6.04 Å². The maximum absolute atomic E-state index is 12.0. The number of hydrogen-bond donors (Lipinski definition) is 2. The zero-order valence-corrected chi connectivity index (χ0v) is 14.2. The Morgan fingerprint density at radius 2 is 2.00 bits per heavy atom. The van der Waals surface area contributed by atoms with Gasteiger partial charge in [-0.25, -0.2) is 4.79 Å². The van der Waals surface area contributed by atoms with Crippen molar-refractivity contribution in [2.75, 3.05) is 18.4 Å². The summed E-state index contributed by atoms with van der Waals surface area (Å²) in [5, 5.41) is 12.6. The van der Waals surface area contributed by atoms with E-state index < -0.39 is 12.0 Å². The van der Waals surface area contributed by atoms with Crippen LogP contribution in [0.15, 0.2) is 22.7 Å². The van der Waals surface area contributed by atoms with Crippen LogP contribution in [-0.2, 0) is 9.59 Å². The Balaban J connectivity index is 2.80. The summed E-state index contributed by atoms with van der Waals surface area (Å²) in [6.07, 6.45) is -0.0999. The van der Waals surface area contributed by atoms with Crippen molar-refractivity contribution >= 4 is 45.1 Å². The lowest BCUT2D eigenvalue weighted by atomic mass is 10.1. The summed E-state index contributed by atoms with van der Waals surface area (Å²) in [7, 11) is 0. The maximum Gasteiger partial charge on any atom is 0.326 e. The van der Waals surface area contributed by atoms with Gasteiger partial charge in [0.05, 0.1) is 11.4 Å². The highest BCUT2D eigenvalue weighted by atomic mass is 79.9. The predicted octanol–water partition coefficient (Wildman–Crippen LogP) is 3.23. The van der Waals surface area contributed by atoms with E-state index in [-0.39, 0.29) is 12.3 Å². The minimum atomic E-state index is -1.07. The van der Waals surface area contributed by atoms with Crippen molar-refractivity contribution in [2.24, 2.45) is 0 Å². The first-order valence-electron chi connectivity index (χ1n) is 6.61. The van der Waals surface area contributed by atoms with Crippen LogP contribution in [0.4, 0.5) is 5.69 Å². The van der Waals surface area contributed by atoms with Crippen molar-refractivity contribution in [3.63, 3.8) is 0 Å². The van der Waals surface area contributed by atoms with Gasteiger partial charge in [0.25, 0.3) is 0 Å². The summed E-state index contributed by atoms with van der Waals surface area (Å²) in [5.41, 5.74) is 0.589. The summed E-state index contributed by atoms with van der Waals surface area (Å²) in [6.45, 7) is 4.85. The number of anilines is 1. The third-order valence-electron chi connectivity index (χ3n) is 3.05.